The molecular formula is C40H80O10. The zero-order chi connectivity index (χ0) is 37.5. The number of rotatable bonds is 38. The van der Waals surface area contributed by atoms with Crippen molar-refractivity contribution in [2.75, 3.05) is 92.5 Å². The van der Waals surface area contributed by atoms with Gasteiger partial charge < -0.3 is 48.1 Å². The summed E-state index contributed by atoms with van der Waals surface area (Å²) in [5, 5.41) is 17.9. The van der Waals surface area contributed by atoms with Crippen LogP contribution in [0.3, 0.4) is 0 Å². The molecule has 0 aromatic carbocycles. The Hall–Kier alpha value is -0.920. The Balaban J connectivity index is 0. The molecule has 0 aromatic heterocycles. The van der Waals surface area contributed by atoms with Gasteiger partial charge in [-0.05, 0) is 37.5 Å². The average Bonchev–Trinajstić information content (AvgIpc) is 3.14. The van der Waals surface area contributed by atoms with Crippen LogP contribution in [0.1, 0.15) is 106 Å². The summed E-state index contributed by atoms with van der Waals surface area (Å²) < 4.78 is 45.9. The van der Waals surface area contributed by atoms with Gasteiger partial charge in [-0.25, -0.2) is 0 Å². The minimum Gasteiger partial charge on any atom is -0.394 e. The number of aliphatic hydroxyl groups is 2. The van der Waals surface area contributed by atoms with E-state index in [9.17, 15) is 0 Å². The topological polar surface area (TPSA) is 114 Å². The van der Waals surface area contributed by atoms with Gasteiger partial charge in [0.25, 0.3) is 0 Å². The van der Waals surface area contributed by atoms with Gasteiger partial charge in [-0.2, -0.15) is 0 Å². The molecule has 0 saturated carbocycles. The molecule has 0 saturated heterocycles. The van der Waals surface area contributed by atoms with E-state index < -0.39 is 0 Å². The van der Waals surface area contributed by atoms with Crippen molar-refractivity contribution in [1.29, 1.82) is 0 Å². The molecule has 50 heavy (non-hydrogen) atoms. The fourth-order valence-electron chi connectivity index (χ4n) is 4.92. The first-order valence-electron chi connectivity index (χ1n) is 19.6. The minimum absolute atomic E-state index is 0.00420. The normalized spacial score (nSPS) is 15.0. The third kappa shape index (κ3) is 33.0. The summed E-state index contributed by atoms with van der Waals surface area (Å²) in [6.45, 7) is 26.5. The van der Waals surface area contributed by atoms with Gasteiger partial charge in [-0.15, -0.1) is 13.2 Å². The highest BCUT2D eigenvalue weighted by Gasteiger charge is 2.18. The van der Waals surface area contributed by atoms with Crippen LogP contribution in [0.15, 0.2) is 25.3 Å². The van der Waals surface area contributed by atoms with Crippen LogP contribution in [-0.2, 0) is 37.9 Å². The standard InChI is InChI=1S/2C20H40O5/c1-5-9-10-18(7-3)14-23-16-20(24-13-11-21)17-25-19(8-4)15-22-12-6-2;1-5-9-10-18(7-3)14-24-17-20(16-23-13-11-21)25-19(8-4)15-22-12-6-2/h2*6,18-21H,2,5,7-17H2,1,3-4H3. The van der Waals surface area contributed by atoms with Crippen LogP contribution in [0, 0.1) is 11.8 Å². The molecule has 10 heteroatoms. The van der Waals surface area contributed by atoms with Crippen LogP contribution in [0.2, 0.25) is 0 Å². The van der Waals surface area contributed by atoms with Crippen molar-refractivity contribution >= 4 is 0 Å². The SMILES string of the molecule is C=CCOCC(CC)OC(COCCO)COCC(CC)CCCC.C=CCOCC(CC)OCC(COCC(CC)CCCC)OCCO. The van der Waals surface area contributed by atoms with Crippen molar-refractivity contribution in [3.8, 4) is 0 Å². The van der Waals surface area contributed by atoms with E-state index in [1.165, 1.54) is 38.5 Å². The Morgan fingerprint density at radius 3 is 1.42 bits per heavy atom. The van der Waals surface area contributed by atoms with Crippen molar-refractivity contribution in [2.45, 2.75) is 130 Å². The fraction of sp³-hybridized carbons (Fsp3) is 0.900. The number of unbranched alkanes of at least 4 members (excludes halogenated alkanes) is 2. The van der Waals surface area contributed by atoms with Crippen molar-refractivity contribution < 1.29 is 48.1 Å². The number of hydrogen-bond donors (Lipinski definition) is 2. The number of hydrogen-bond acceptors (Lipinski definition) is 10. The second-order valence-electron chi connectivity index (χ2n) is 12.7. The van der Waals surface area contributed by atoms with Gasteiger partial charge in [-0.1, -0.05) is 92.2 Å². The maximum atomic E-state index is 8.99. The van der Waals surface area contributed by atoms with Crippen LogP contribution in [0.25, 0.3) is 0 Å². The van der Waals surface area contributed by atoms with Gasteiger partial charge in [0.15, 0.2) is 0 Å². The molecule has 6 unspecified atom stereocenters. The van der Waals surface area contributed by atoms with Gasteiger partial charge in [0.1, 0.15) is 12.2 Å². The van der Waals surface area contributed by atoms with E-state index in [-0.39, 0.29) is 37.6 Å². The van der Waals surface area contributed by atoms with E-state index in [4.69, 9.17) is 48.1 Å². The Labute approximate surface area is 307 Å². The Bertz CT molecular complexity index is 683. The van der Waals surface area contributed by atoms with E-state index in [1.54, 1.807) is 12.2 Å². The predicted octanol–water partition coefficient (Wildman–Crippen LogP) is 7.19. The number of aliphatic hydroxyl groups excluding tert-OH is 2. The van der Waals surface area contributed by atoms with Crippen molar-refractivity contribution in [1.82, 2.24) is 0 Å². The molecule has 0 heterocycles. The van der Waals surface area contributed by atoms with E-state index in [0.29, 0.717) is 77.9 Å². The molecule has 0 fully saturated rings. The summed E-state index contributed by atoms with van der Waals surface area (Å²) in [6.07, 6.45) is 14.6. The summed E-state index contributed by atoms with van der Waals surface area (Å²) in [4.78, 5) is 0. The molecular weight excluding hydrogens is 640 g/mol. The second kappa shape index (κ2) is 40.8. The van der Waals surface area contributed by atoms with Crippen LogP contribution in [-0.4, -0.2) is 127 Å². The monoisotopic (exact) mass is 721 g/mol. The second-order valence-corrected chi connectivity index (χ2v) is 12.7. The first kappa shape index (κ1) is 51.2. The number of ether oxygens (including phenoxy) is 8. The molecule has 0 bridgehead atoms. The summed E-state index contributed by atoms with van der Waals surface area (Å²) in [6, 6.07) is 0. The molecule has 0 aliphatic rings. The highest BCUT2D eigenvalue weighted by Crippen LogP contribution is 2.15. The smallest absolute Gasteiger partial charge is 0.105 e. The Morgan fingerprint density at radius 2 is 0.960 bits per heavy atom. The van der Waals surface area contributed by atoms with Crippen molar-refractivity contribution in [2.24, 2.45) is 11.8 Å². The summed E-state index contributed by atoms with van der Waals surface area (Å²) in [5.41, 5.74) is 0. The molecule has 0 rings (SSSR count). The van der Waals surface area contributed by atoms with Crippen molar-refractivity contribution in [3.63, 3.8) is 0 Å². The molecule has 0 amide bonds. The van der Waals surface area contributed by atoms with Gasteiger partial charge >= 0.3 is 0 Å². The lowest BCUT2D eigenvalue weighted by Crippen LogP contribution is -2.33. The summed E-state index contributed by atoms with van der Waals surface area (Å²) >= 11 is 0. The van der Waals surface area contributed by atoms with Crippen LogP contribution >= 0.6 is 0 Å². The molecule has 300 valence electrons. The summed E-state index contributed by atoms with van der Waals surface area (Å²) in [7, 11) is 0. The van der Waals surface area contributed by atoms with Gasteiger partial charge in [0, 0.05) is 13.2 Å². The first-order valence-corrected chi connectivity index (χ1v) is 19.6. The minimum atomic E-state index is -0.163. The highest BCUT2D eigenvalue weighted by molar-refractivity contribution is 4.68. The largest absolute Gasteiger partial charge is 0.394 e. The lowest BCUT2D eigenvalue weighted by molar-refractivity contribution is -0.114. The first-order chi connectivity index (χ1) is 24.4. The predicted molar refractivity (Wildman–Crippen MR) is 204 cm³/mol. The molecule has 10 nitrogen and oxygen atoms in total. The van der Waals surface area contributed by atoms with E-state index in [0.717, 1.165) is 38.9 Å². The van der Waals surface area contributed by atoms with Crippen molar-refractivity contribution in [3.05, 3.63) is 25.3 Å². The third-order valence-corrected chi connectivity index (χ3v) is 8.28. The maximum Gasteiger partial charge on any atom is 0.105 e. The van der Waals surface area contributed by atoms with Gasteiger partial charge in [0.05, 0.1) is 91.5 Å². The van der Waals surface area contributed by atoms with Crippen LogP contribution in [0.5, 0.6) is 0 Å². The zero-order valence-electron chi connectivity index (χ0n) is 33.2. The van der Waals surface area contributed by atoms with Gasteiger partial charge in [0.2, 0.25) is 0 Å². The lowest BCUT2D eigenvalue weighted by atomic mass is 10.0. The Morgan fingerprint density at radius 1 is 0.480 bits per heavy atom. The Kier molecular flexibility index (Phi) is 41.8. The quantitative estimate of drug-likeness (QED) is 0.0502. The van der Waals surface area contributed by atoms with E-state index >= 15 is 0 Å². The van der Waals surface area contributed by atoms with Crippen LogP contribution < -0.4 is 0 Å². The molecule has 0 aromatic rings. The highest BCUT2D eigenvalue weighted by atomic mass is 16.6. The zero-order valence-corrected chi connectivity index (χ0v) is 33.2. The summed E-state index contributed by atoms with van der Waals surface area (Å²) in [5.74, 6) is 1.21. The van der Waals surface area contributed by atoms with E-state index in [1.807, 2.05) is 0 Å². The molecule has 2 N–H and O–H groups in total. The lowest BCUT2D eigenvalue weighted by Gasteiger charge is -2.25. The van der Waals surface area contributed by atoms with Crippen LogP contribution in [0.4, 0.5) is 0 Å². The van der Waals surface area contributed by atoms with E-state index in [2.05, 4.69) is 54.7 Å². The average molecular weight is 721 g/mol. The fourth-order valence-corrected chi connectivity index (χ4v) is 4.92. The molecule has 6 atom stereocenters. The molecule has 0 aliphatic carbocycles. The molecule has 0 aliphatic heterocycles. The molecule has 0 radical (unpaired) electrons. The maximum absolute atomic E-state index is 8.99. The molecule has 0 spiro atoms. The third-order valence-electron chi connectivity index (χ3n) is 8.28. The van der Waals surface area contributed by atoms with Gasteiger partial charge in [-0.3, -0.25) is 0 Å².